The molecule has 0 aromatic heterocycles. The van der Waals surface area contributed by atoms with Crippen LogP contribution < -0.4 is 5.54 Å². The third-order valence-electron chi connectivity index (χ3n) is 0.425. The molecule has 0 bridgehead atoms. The van der Waals surface area contributed by atoms with Gasteiger partial charge in [-0.3, -0.25) is 0 Å². The van der Waals surface area contributed by atoms with Crippen LogP contribution in [0.4, 0.5) is 13.3 Å². The number of nitrogens with one attached hydrogen (secondary N) is 1. The SMILES string of the molecule is CC(NF)=C(F)F. The fraction of sp³-hybridized carbons (Fsp3) is 0.333. The third-order valence-corrected chi connectivity index (χ3v) is 0.425. The van der Waals surface area contributed by atoms with E-state index < -0.39 is 11.8 Å². The summed E-state index contributed by atoms with van der Waals surface area (Å²) in [6.07, 6.45) is -2.03. The van der Waals surface area contributed by atoms with Crippen LogP contribution in [0, 0.1) is 0 Å². The molecule has 0 fully saturated rings. The third kappa shape index (κ3) is 2.08. The van der Waals surface area contributed by atoms with Gasteiger partial charge in [-0.05, 0) is 6.92 Å². The van der Waals surface area contributed by atoms with Gasteiger partial charge < -0.3 is 0 Å². The Morgan fingerprint density at radius 3 is 1.86 bits per heavy atom. The highest BCUT2D eigenvalue weighted by Crippen LogP contribution is 2.01. The Kier molecular flexibility index (Phi) is 2.26. The minimum Gasteiger partial charge on any atom is -0.224 e. The summed E-state index contributed by atoms with van der Waals surface area (Å²) in [4.78, 5) is 0. The number of allylic oxidation sites excluding steroid dienone is 1. The van der Waals surface area contributed by atoms with Crippen LogP contribution in [0.3, 0.4) is 0 Å². The highest BCUT2D eigenvalue weighted by molar-refractivity contribution is 4.91. The van der Waals surface area contributed by atoms with Crippen molar-refractivity contribution in [3.8, 4) is 0 Å². The average Bonchev–Trinajstić information content (AvgIpc) is 1.65. The molecular weight excluding hydrogens is 107 g/mol. The van der Waals surface area contributed by atoms with Gasteiger partial charge in [0.15, 0.2) is 0 Å². The summed E-state index contributed by atoms with van der Waals surface area (Å²) in [5.41, 5.74) is 0.0579. The molecule has 0 amide bonds. The molecular formula is C3H4F3N. The number of hydrogen-bond donors (Lipinski definition) is 1. The summed E-state index contributed by atoms with van der Waals surface area (Å²) in [6.45, 7) is 0.940. The first-order valence-electron chi connectivity index (χ1n) is 1.57. The lowest BCUT2D eigenvalue weighted by atomic mass is 10.6. The summed E-state index contributed by atoms with van der Waals surface area (Å²) in [5, 5.41) is 0. The molecule has 0 aliphatic carbocycles. The lowest BCUT2D eigenvalue weighted by Crippen LogP contribution is -1.95. The Bertz CT molecular complexity index is 84.2. The monoisotopic (exact) mass is 111 g/mol. The Morgan fingerprint density at radius 1 is 1.43 bits per heavy atom. The molecule has 42 valence electrons. The van der Waals surface area contributed by atoms with Crippen LogP contribution in [0.1, 0.15) is 6.92 Å². The molecule has 0 unspecified atom stereocenters. The first-order valence-corrected chi connectivity index (χ1v) is 1.57. The molecule has 0 rings (SSSR count). The van der Waals surface area contributed by atoms with E-state index in [1.54, 1.807) is 0 Å². The predicted octanol–water partition coefficient (Wildman–Crippen LogP) is 1.59. The minimum absolute atomic E-state index is 0.736. The zero-order valence-corrected chi connectivity index (χ0v) is 3.63. The lowest BCUT2D eigenvalue weighted by Gasteiger charge is -1.87. The largest absolute Gasteiger partial charge is 0.291 e. The standard InChI is InChI=1S/C3H4F3N/c1-2(7-6)3(4)5/h7H,1H3. The van der Waals surface area contributed by atoms with Gasteiger partial charge in [-0.1, -0.05) is 0 Å². The lowest BCUT2D eigenvalue weighted by molar-refractivity contribution is 0.338. The van der Waals surface area contributed by atoms with Gasteiger partial charge in [0.1, 0.15) is 5.70 Å². The maximum atomic E-state index is 11.0. The summed E-state index contributed by atoms with van der Waals surface area (Å²) in [7, 11) is 0. The Morgan fingerprint density at radius 2 is 1.86 bits per heavy atom. The molecule has 0 radical (unpaired) electrons. The van der Waals surface area contributed by atoms with Crippen molar-refractivity contribution in [2.45, 2.75) is 6.92 Å². The van der Waals surface area contributed by atoms with E-state index in [1.807, 2.05) is 0 Å². The van der Waals surface area contributed by atoms with E-state index in [4.69, 9.17) is 0 Å². The van der Waals surface area contributed by atoms with E-state index in [0.717, 1.165) is 12.5 Å². The van der Waals surface area contributed by atoms with Gasteiger partial charge in [0.2, 0.25) is 0 Å². The fourth-order valence-electron chi connectivity index (χ4n) is 0.0357. The van der Waals surface area contributed by atoms with Gasteiger partial charge in [-0.15, -0.1) is 4.48 Å². The van der Waals surface area contributed by atoms with Gasteiger partial charge in [0.05, 0.1) is 0 Å². The fourth-order valence-corrected chi connectivity index (χ4v) is 0.0357. The summed E-state index contributed by atoms with van der Waals surface area (Å²) in [5.74, 6) is 0. The van der Waals surface area contributed by atoms with Crippen molar-refractivity contribution in [2.75, 3.05) is 0 Å². The molecule has 0 aromatic carbocycles. The summed E-state index contributed by atoms with van der Waals surface area (Å²) in [6, 6.07) is 0. The maximum absolute atomic E-state index is 11.0. The molecule has 0 saturated carbocycles. The van der Waals surface area contributed by atoms with E-state index in [2.05, 4.69) is 0 Å². The second-order valence-corrected chi connectivity index (χ2v) is 0.980. The van der Waals surface area contributed by atoms with E-state index in [9.17, 15) is 13.3 Å². The van der Waals surface area contributed by atoms with E-state index in [0.29, 0.717) is 0 Å². The van der Waals surface area contributed by atoms with Crippen molar-refractivity contribution >= 4 is 0 Å². The molecule has 0 spiro atoms. The zero-order valence-electron chi connectivity index (χ0n) is 3.63. The van der Waals surface area contributed by atoms with Crippen molar-refractivity contribution < 1.29 is 13.3 Å². The second-order valence-electron chi connectivity index (χ2n) is 0.980. The van der Waals surface area contributed by atoms with Crippen LogP contribution in [0.25, 0.3) is 0 Å². The molecule has 0 aromatic rings. The molecule has 7 heavy (non-hydrogen) atoms. The number of halogens is 3. The van der Waals surface area contributed by atoms with Crippen LogP contribution in [0.2, 0.25) is 0 Å². The summed E-state index contributed by atoms with van der Waals surface area (Å²) < 4.78 is 32.9. The van der Waals surface area contributed by atoms with Crippen molar-refractivity contribution in [3.63, 3.8) is 0 Å². The van der Waals surface area contributed by atoms with Crippen LogP contribution >= 0.6 is 0 Å². The van der Waals surface area contributed by atoms with E-state index in [1.165, 1.54) is 0 Å². The molecule has 0 aliphatic rings. The molecule has 0 heterocycles. The first-order chi connectivity index (χ1) is 3.18. The highest BCUT2D eigenvalue weighted by atomic mass is 19.3. The minimum atomic E-state index is -2.03. The first kappa shape index (κ1) is 6.33. The molecule has 4 heteroatoms. The van der Waals surface area contributed by atoms with Crippen molar-refractivity contribution in [2.24, 2.45) is 0 Å². The van der Waals surface area contributed by atoms with E-state index >= 15 is 0 Å². The molecule has 1 nitrogen and oxygen atoms in total. The van der Waals surface area contributed by atoms with Gasteiger partial charge in [-0.25, -0.2) is 5.54 Å². The number of rotatable bonds is 1. The normalized spacial score (nSPS) is 8.00. The van der Waals surface area contributed by atoms with Gasteiger partial charge in [-0.2, -0.15) is 8.78 Å². The van der Waals surface area contributed by atoms with Gasteiger partial charge in [0.25, 0.3) is 6.08 Å². The highest BCUT2D eigenvalue weighted by Gasteiger charge is 1.94. The van der Waals surface area contributed by atoms with Crippen molar-refractivity contribution in [1.29, 1.82) is 0 Å². The second kappa shape index (κ2) is 2.49. The van der Waals surface area contributed by atoms with E-state index in [-0.39, 0.29) is 0 Å². The molecule has 1 N–H and O–H groups in total. The van der Waals surface area contributed by atoms with Crippen LogP contribution in [0.5, 0.6) is 0 Å². The molecule has 0 aliphatic heterocycles. The predicted molar refractivity (Wildman–Crippen MR) is 19.2 cm³/mol. The van der Waals surface area contributed by atoms with Crippen LogP contribution in [0.15, 0.2) is 11.8 Å². The average molecular weight is 111 g/mol. The Balaban J connectivity index is 3.72. The summed E-state index contributed by atoms with van der Waals surface area (Å²) >= 11 is 0. The maximum Gasteiger partial charge on any atom is 0.291 e. The Hall–Kier alpha value is -0.670. The van der Waals surface area contributed by atoms with Gasteiger partial charge >= 0.3 is 0 Å². The van der Waals surface area contributed by atoms with Crippen LogP contribution in [-0.2, 0) is 0 Å². The smallest absolute Gasteiger partial charge is 0.224 e. The molecule has 0 saturated heterocycles. The van der Waals surface area contributed by atoms with Crippen LogP contribution in [-0.4, -0.2) is 0 Å². The number of hydrogen-bond acceptors (Lipinski definition) is 1. The van der Waals surface area contributed by atoms with Crippen molar-refractivity contribution in [3.05, 3.63) is 11.8 Å². The quantitative estimate of drug-likeness (QED) is 0.506. The van der Waals surface area contributed by atoms with Crippen molar-refractivity contribution in [1.82, 2.24) is 5.54 Å². The zero-order chi connectivity index (χ0) is 5.86. The topological polar surface area (TPSA) is 12.0 Å². The van der Waals surface area contributed by atoms with Gasteiger partial charge in [0, 0.05) is 0 Å². The molecule has 0 atom stereocenters. The Labute approximate surface area is 38.8 Å².